The largest absolute Gasteiger partial charge is 0.424 e. The van der Waals surface area contributed by atoms with Crippen LogP contribution in [0.2, 0.25) is 0 Å². The van der Waals surface area contributed by atoms with E-state index in [4.69, 9.17) is 4.42 Å². The van der Waals surface area contributed by atoms with Crippen LogP contribution in [0, 0.1) is 0 Å². The summed E-state index contributed by atoms with van der Waals surface area (Å²) in [4.78, 5) is 4.36. The van der Waals surface area contributed by atoms with Crippen LogP contribution in [0.15, 0.2) is 4.42 Å². The number of rotatable bonds is 5. The zero-order valence-electron chi connectivity index (χ0n) is 11.3. The summed E-state index contributed by atoms with van der Waals surface area (Å²) in [5, 5.41) is 17.8. The van der Waals surface area contributed by atoms with Crippen LogP contribution in [0.5, 0.6) is 0 Å². The number of β-amino-alcohol motifs (C(OH)–C–C–N with tert-alkyl or cyclic N) is 1. The molecule has 1 N–H and O–H groups in total. The molecule has 102 valence electrons. The van der Waals surface area contributed by atoms with Crippen LogP contribution >= 0.6 is 0 Å². The minimum atomic E-state index is -0.247. The normalized spacial score (nSPS) is 25.2. The lowest BCUT2D eigenvalue weighted by Gasteiger charge is -2.25. The zero-order chi connectivity index (χ0) is 13.1. The smallest absolute Gasteiger partial charge is 0.230 e. The van der Waals surface area contributed by atoms with E-state index in [0.29, 0.717) is 30.9 Å². The second kappa shape index (κ2) is 5.77. The van der Waals surface area contributed by atoms with Gasteiger partial charge in [-0.05, 0) is 20.5 Å². The molecular formula is C12H22N4O2. The molecule has 1 aromatic heterocycles. The summed E-state index contributed by atoms with van der Waals surface area (Å²) in [5.41, 5.74) is 0. The number of aliphatic hydroxyl groups excluding tert-OH is 1. The summed E-state index contributed by atoms with van der Waals surface area (Å²) >= 11 is 0. The molecule has 2 atom stereocenters. The maximum absolute atomic E-state index is 9.79. The zero-order valence-corrected chi connectivity index (χ0v) is 11.3. The number of likely N-dealkylation sites (N-methyl/N-ethyl adjacent to an activating group) is 1. The average Bonchev–Trinajstić information content (AvgIpc) is 2.86. The van der Waals surface area contributed by atoms with Gasteiger partial charge in [0, 0.05) is 25.6 Å². The first-order chi connectivity index (χ1) is 8.58. The Morgan fingerprint density at radius 2 is 2.11 bits per heavy atom. The van der Waals surface area contributed by atoms with Crippen LogP contribution in [0.4, 0.5) is 0 Å². The van der Waals surface area contributed by atoms with E-state index < -0.39 is 0 Å². The van der Waals surface area contributed by atoms with Crippen LogP contribution in [-0.2, 0) is 13.0 Å². The third-order valence-corrected chi connectivity index (χ3v) is 3.23. The lowest BCUT2D eigenvalue weighted by atomic mass is 10.2. The van der Waals surface area contributed by atoms with Crippen molar-refractivity contribution in [2.45, 2.75) is 38.5 Å². The first kappa shape index (κ1) is 13.5. The van der Waals surface area contributed by atoms with Crippen LogP contribution < -0.4 is 0 Å². The van der Waals surface area contributed by atoms with Gasteiger partial charge in [0.1, 0.15) is 0 Å². The molecule has 0 radical (unpaired) electrons. The highest BCUT2D eigenvalue weighted by molar-refractivity contribution is 4.90. The van der Waals surface area contributed by atoms with Crippen molar-refractivity contribution in [3.05, 3.63) is 11.8 Å². The maximum atomic E-state index is 9.79. The number of aryl methyl sites for hydroxylation is 1. The van der Waals surface area contributed by atoms with Crippen LogP contribution in [0.3, 0.4) is 0 Å². The first-order valence-electron chi connectivity index (χ1n) is 6.46. The van der Waals surface area contributed by atoms with Crippen LogP contribution in [0.25, 0.3) is 0 Å². The van der Waals surface area contributed by atoms with E-state index in [1.165, 1.54) is 0 Å². The van der Waals surface area contributed by atoms with Gasteiger partial charge in [-0.2, -0.15) is 0 Å². The van der Waals surface area contributed by atoms with Crippen molar-refractivity contribution >= 4 is 0 Å². The molecule has 1 aliphatic heterocycles. The van der Waals surface area contributed by atoms with E-state index in [1.807, 2.05) is 21.0 Å². The number of likely N-dealkylation sites (tertiary alicyclic amines) is 1. The summed E-state index contributed by atoms with van der Waals surface area (Å²) in [6.07, 6.45) is 1.33. The average molecular weight is 254 g/mol. The summed E-state index contributed by atoms with van der Waals surface area (Å²) in [7, 11) is 4.09. The molecule has 0 aliphatic carbocycles. The number of hydrogen-bond donors (Lipinski definition) is 1. The van der Waals surface area contributed by atoms with Crippen molar-refractivity contribution in [3.8, 4) is 0 Å². The summed E-state index contributed by atoms with van der Waals surface area (Å²) in [6, 6.07) is 0.354. The predicted octanol–water partition coefficient (Wildman–Crippen LogP) is 0.129. The highest BCUT2D eigenvalue weighted by Crippen LogP contribution is 2.20. The summed E-state index contributed by atoms with van der Waals surface area (Å²) in [6.45, 7) is 4.24. The summed E-state index contributed by atoms with van der Waals surface area (Å²) in [5.74, 6) is 1.32. The minimum Gasteiger partial charge on any atom is -0.424 e. The molecule has 6 heteroatoms. The first-order valence-corrected chi connectivity index (χ1v) is 6.46. The van der Waals surface area contributed by atoms with Crippen LogP contribution in [0.1, 0.15) is 25.1 Å². The van der Waals surface area contributed by atoms with Crippen molar-refractivity contribution in [2.24, 2.45) is 0 Å². The van der Waals surface area contributed by atoms with Crippen molar-refractivity contribution in [2.75, 3.05) is 27.2 Å². The standard InChI is InChI=1S/C12H22N4O2/c1-4-11-13-14-12(18-11)8-16-7-10(17)5-9(16)6-15(2)3/h9-10,17H,4-8H2,1-3H3. The molecule has 2 heterocycles. The molecule has 6 nitrogen and oxygen atoms in total. The Kier molecular flexibility index (Phi) is 4.31. The SMILES string of the molecule is CCc1nnc(CN2CC(O)CC2CN(C)C)o1. The number of nitrogens with zero attached hydrogens (tertiary/aromatic N) is 4. The van der Waals surface area contributed by atoms with Gasteiger partial charge in [-0.3, -0.25) is 4.90 Å². The topological polar surface area (TPSA) is 65.6 Å². The van der Waals surface area contributed by atoms with E-state index in [2.05, 4.69) is 20.0 Å². The quantitative estimate of drug-likeness (QED) is 0.805. The highest BCUT2D eigenvalue weighted by Gasteiger charge is 2.32. The van der Waals surface area contributed by atoms with Gasteiger partial charge < -0.3 is 14.4 Å². The Bertz CT molecular complexity index is 380. The molecule has 0 bridgehead atoms. The van der Waals surface area contributed by atoms with Crippen molar-refractivity contribution < 1.29 is 9.52 Å². The Hall–Kier alpha value is -0.980. The van der Waals surface area contributed by atoms with Crippen molar-refractivity contribution in [3.63, 3.8) is 0 Å². The molecule has 0 aromatic carbocycles. The maximum Gasteiger partial charge on any atom is 0.230 e. The van der Waals surface area contributed by atoms with Gasteiger partial charge in [-0.15, -0.1) is 10.2 Å². The van der Waals surface area contributed by atoms with Gasteiger partial charge in [-0.1, -0.05) is 6.92 Å². The molecule has 2 rings (SSSR count). The fraction of sp³-hybridized carbons (Fsp3) is 0.833. The Morgan fingerprint density at radius 3 is 2.72 bits per heavy atom. The monoisotopic (exact) mass is 254 g/mol. The van der Waals surface area contributed by atoms with E-state index in [-0.39, 0.29) is 6.10 Å². The molecule has 1 saturated heterocycles. The lowest BCUT2D eigenvalue weighted by molar-refractivity contribution is 0.161. The molecule has 18 heavy (non-hydrogen) atoms. The molecule has 2 unspecified atom stereocenters. The van der Waals surface area contributed by atoms with E-state index in [1.54, 1.807) is 0 Å². The fourth-order valence-corrected chi connectivity index (χ4v) is 2.43. The van der Waals surface area contributed by atoms with E-state index >= 15 is 0 Å². The van der Waals surface area contributed by atoms with E-state index in [0.717, 1.165) is 19.4 Å². The molecule has 1 aromatic rings. The molecule has 0 saturated carbocycles. The molecular weight excluding hydrogens is 232 g/mol. The van der Waals surface area contributed by atoms with Gasteiger partial charge in [0.2, 0.25) is 11.8 Å². The third kappa shape index (κ3) is 3.28. The highest BCUT2D eigenvalue weighted by atomic mass is 16.4. The Morgan fingerprint density at radius 1 is 1.39 bits per heavy atom. The second-order valence-electron chi connectivity index (χ2n) is 5.18. The lowest BCUT2D eigenvalue weighted by Crippen LogP contribution is -2.37. The Balaban J connectivity index is 1.97. The van der Waals surface area contributed by atoms with Crippen molar-refractivity contribution in [1.29, 1.82) is 0 Å². The molecule has 0 amide bonds. The van der Waals surface area contributed by atoms with Crippen LogP contribution in [-0.4, -0.2) is 64.4 Å². The van der Waals surface area contributed by atoms with Gasteiger partial charge in [0.25, 0.3) is 0 Å². The number of hydrogen-bond acceptors (Lipinski definition) is 6. The van der Waals surface area contributed by atoms with Gasteiger partial charge in [-0.25, -0.2) is 0 Å². The van der Waals surface area contributed by atoms with Gasteiger partial charge >= 0.3 is 0 Å². The van der Waals surface area contributed by atoms with E-state index in [9.17, 15) is 5.11 Å². The summed E-state index contributed by atoms with van der Waals surface area (Å²) < 4.78 is 5.52. The minimum absolute atomic E-state index is 0.247. The third-order valence-electron chi connectivity index (χ3n) is 3.23. The molecule has 1 fully saturated rings. The second-order valence-corrected chi connectivity index (χ2v) is 5.18. The fourth-order valence-electron chi connectivity index (χ4n) is 2.43. The van der Waals surface area contributed by atoms with Gasteiger partial charge in [0.05, 0.1) is 12.6 Å². The number of aromatic nitrogens is 2. The Labute approximate surface area is 108 Å². The molecule has 0 spiro atoms. The van der Waals surface area contributed by atoms with Gasteiger partial charge in [0.15, 0.2) is 0 Å². The predicted molar refractivity (Wildman–Crippen MR) is 67.1 cm³/mol. The van der Waals surface area contributed by atoms with Crippen molar-refractivity contribution in [1.82, 2.24) is 20.0 Å². The number of aliphatic hydroxyl groups is 1. The molecule has 1 aliphatic rings.